The van der Waals surface area contributed by atoms with Gasteiger partial charge in [-0.2, -0.15) is 0 Å². The summed E-state index contributed by atoms with van der Waals surface area (Å²) in [6, 6.07) is -5.59. The van der Waals surface area contributed by atoms with Crippen molar-refractivity contribution < 1.29 is 76.5 Å². The molecule has 97 heavy (non-hydrogen) atoms. The standard InChI is InChI=1S/C68H111N13O16/c1-16-95-52(82)29-28-46-63(91)80-32-22-27-50(80)59(87)78-53(40(6)7)61(89)72-45(26-21-31-71-66(94)97-68(13,14)15)56(84)76-48(34-39(4)5)58(86)77-49(35-42-23-18-17-19-24-42)64(92)81-37-43(69)36-51(81)60(88)79-54(41(8)9)62(90)73-44(25-20-30-70-65(93)96-67(10,11)12)55(83)75-47(33-38(2)3)57(85)74-46/h17-19,23-24,38-41,43-51,53-54H,16,20-22,25-37,69H2,1-15H3,(H,70,93)(H,71,94)(H,72,89)(H,73,90)(H,74,85)(H,75,83)(H,76,84)(H,77,86)(H,78,87)(H,79,88)/t43-,44+,45+,46-,47+,48+,49-,50+,51+,53+,54+/m1/s1. The van der Waals surface area contributed by atoms with Crippen LogP contribution in [-0.2, 0) is 73.4 Å². The van der Waals surface area contributed by atoms with Gasteiger partial charge in [-0.05, 0) is 142 Å². The number of benzene rings is 1. The zero-order valence-corrected chi connectivity index (χ0v) is 59.6. The Hall–Kier alpha value is -8.11. The molecule has 4 rings (SSSR count). The third-order valence-corrected chi connectivity index (χ3v) is 16.3. The monoisotopic (exact) mass is 1370 g/mol. The van der Waals surface area contributed by atoms with Crippen LogP contribution in [0, 0.1) is 23.7 Å². The molecular weight excluding hydrogens is 1250 g/mol. The number of amides is 12. The highest BCUT2D eigenvalue weighted by Gasteiger charge is 2.45. The van der Waals surface area contributed by atoms with Crippen molar-refractivity contribution in [3.63, 3.8) is 0 Å². The first-order valence-corrected chi connectivity index (χ1v) is 34.3. The van der Waals surface area contributed by atoms with E-state index in [1.54, 1.807) is 120 Å². The van der Waals surface area contributed by atoms with Crippen LogP contribution in [0.15, 0.2) is 30.3 Å². The molecule has 12 amide bonds. The minimum absolute atomic E-state index is 0.00600. The van der Waals surface area contributed by atoms with Crippen molar-refractivity contribution in [1.29, 1.82) is 0 Å². The Kier molecular flexibility index (Phi) is 32.0. The average Bonchev–Trinajstić information content (AvgIpc) is 1.75. The molecule has 12 N–H and O–H groups in total. The summed E-state index contributed by atoms with van der Waals surface area (Å²) in [7, 11) is 0. The van der Waals surface area contributed by atoms with Crippen LogP contribution >= 0.6 is 0 Å². The lowest BCUT2D eigenvalue weighted by molar-refractivity contribution is -0.145. The number of carbonyl (C=O) groups is 13. The van der Waals surface area contributed by atoms with Crippen molar-refractivity contribution in [1.82, 2.24) is 63.0 Å². The fourth-order valence-electron chi connectivity index (χ4n) is 11.6. The van der Waals surface area contributed by atoms with Crippen molar-refractivity contribution >= 4 is 77.2 Å². The Morgan fingerprint density at radius 1 is 0.536 bits per heavy atom. The van der Waals surface area contributed by atoms with E-state index in [1.165, 1.54) is 9.80 Å². The summed E-state index contributed by atoms with van der Waals surface area (Å²) < 4.78 is 16.0. The van der Waals surface area contributed by atoms with Crippen LogP contribution in [0.2, 0.25) is 0 Å². The van der Waals surface area contributed by atoms with E-state index < -0.39 is 167 Å². The summed E-state index contributed by atoms with van der Waals surface area (Å²) in [6.45, 7) is 25.4. The number of nitrogens with one attached hydrogen (secondary N) is 10. The first-order valence-electron chi connectivity index (χ1n) is 34.3. The normalized spacial score (nSPS) is 25.2. The van der Waals surface area contributed by atoms with Gasteiger partial charge in [-0.1, -0.05) is 85.7 Å². The lowest BCUT2D eigenvalue weighted by atomic mass is 9.99. The van der Waals surface area contributed by atoms with Crippen molar-refractivity contribution in [2.45, 2.75) is 259 Å². The molecule has 3 aliphatic rings. The zero-order chi connectivity index (χ0) is 72.6. The molecule has 3 saturated heterocycles. The van der Waals surface area contributed by atoms with E-state index in [-0.39, 0.29) is 115 Å². The number of carbonyl (C=O) groups excluding carboxylic acids is 13. The van der Waals surface area contributed by atoms with Gasteiger partial charge in [0, 0.05) is 45.1 Å². The lowest BCUT2D eigenvalue weighted by Gasteiger charge is -2.33. The van der Waals surface area contributed by atoms with Crippen LogP contribution in [0.3, 0.4) is 0 Å². The highest BCUT2D eigenvalue weighted by molar-refractivity contribution is 6.00. The second-order valence-corrected chi connectivity index (χ2v) is 29.0. The fourth-order valence-corrected chi connectivity index (χ4v) is 11.6. The van der Waals surface area contributed by atoms with Gasteiger partial charge in [0.15, 0.2) is 0 Å². The summed E-state index contributed by atoms with van der Waals surface area (Å²) in [5.74, 6) is -10.4. The zero-order valence-electron chi connectivity index (χ0n) is 59.6. The number of hydrogen-bond donors (Lipinski definition) is 11. The van der Waals surface area contributed by atoms with Crippen molar-refractivity contribution in [2.24, 2.45) is 29.4 Å². The Bertz CT molecular complexity index is 2880. The summed E-state index contributed by atoms with van der Waals surface area (Å²) in [6.07, 6.45) is -1.89. The minimum Gasteiger partial charge on any atom is -0.466 e. The number of fused-ring (bicyclic) bond motifs is 2. The third kappa shape index (κ3) is 27.4. The van der Waals surface area contributed by atoms with Gasteiger partial charge in [-0.25, -0.2) is 9.59 Å². The van der Waals surface area contributed by atoms with Crippen molar-refractivity contribution in [3.8, 4) is 0 Å². The molecule has 0 unspecified atom stereocenters. The van der Waals surface area contributed by atoms with Gasteiger partial charge in [-0.15, -0.1) is 0 Å². The van der Waals surface area contributed by atoms with Crippen molar-refractivity contribution in [2.75, 3.05) is 32.8 Å². The highest BCUT2D eigenvalue weighted by atomic mass is 16.6. The van der Waals surface area contributed by atoms with E-state index in [4.69, 9.17) is 19.9 Å². The molecule has 0 aliphatic carbocycles. The molecule has 3 heterocycles. The second-order valence-electron chi connectivity index (χ2n) is 29.0. The highest BCUT2D eigenvalue weighted by Crippen LogP contribution is 2.24. The number of nitrogens with zero attached hydrogens (tertiary/aromatic N) is 2. The molecule has 29 nitrogen and oxygen atoms in total. The Balaban J connectivity index is 1.90. The smallest absolute Gasteiger partial charge is 0.407 e. The second kappa shape index (κ2) is 38.1. The largest absolute Gasteiger partial charge is 0.466 e. The molecule has 0 bridgehead atoms. The average molecular weight is 1370 g/mol. The predicted molar refractivity (Wildman–Crippen MR) is 360 cm³/mol. The lowest BCUT2D eigenvalue weighted by Crippen LogP contribution is -2.62. The van der Waals surface area contributed by atoms with Crippen LogP contribution < -0.4 is 58.9 Å². The molecule has 3 aliphatic heterocycles. The van der Waals surface area contributed by atoms with Crippen LogP contribution in [0.1, 0.15) is 180 Å². The molecule has 544 valence electrons. The maximum atomic E-state index is 15.2. The van der Waals surface area contributed by atoms with Gasteiger partial charge in [0.2, 0.25) is 59.1 Å². The van der Waals surface area contributed by atoms with Crippen LogP contribution in [0.5, 0.6) is 0 Å². The Labute approximate surface area is 571 Å². The molecule has 0 aromatic heterocycles. The van der Waals surface area contributed by atoms with Gasteiger partial charge in [0.1, 0.15) is 71.6 Å². The summed E-state index contributed by atoms with van der Waals surface area (Å²) in [4.78, 5) is 189. The van der Waals surface area contributed by atoms with E-state index in [0.717, 1.165) is 0 Å². The molecule has 3 fully saturated rings. The molecule has 29 heteroatoms. The number of ether oxygens (including phenoxy) is 3. The number of rotatable bonds is 20. The van der Waals surface area contributed by atoms with Crippen LogP contribution in [0.4, 0.5) is 9.59 Å². The van der Waals surface area contributed by atoms with Gasteiger partial charge < -0.3 is 82.9 Å². The molecule has 0 spiro atoms. The van der Waals surface area contributed by atoms with E-state index in [2.05, 4.69) is 53.2 Å². The number of esters is 1. The summed E-state index contributed by atoms with van der Waals surface area (Å²) in [5, 5.41) is 27.6. The summed E-state index contributed by atoms with van der Waals surface area (Å²) >= 11 is 0. The first kappa shape index (κ1) is 81.3. The van der Waals surface area contributed by atoms with Gasteiger partial charge in [-0.3, -0.25) is 52.7 Å². The van der Waals surface area contributed by atoms with Gasteiger partial charge >= 0.3 is 18.2 Å². The minimum atomic E-state index is -1.48. The maximum Gasteiger partial charge on any atom is 0.407 e. The van der Waals surface area contributed by atoms with Crippen LogP contribution in [0.25, 0.3) is 0 Å². The quantitative estimate of drug-likeness (QED) is 0.0507. The molecule has 11 atom stereocenters. The number of hydrogen-bond acceptors (Lipinski definition) is 17. The molecule has 1 aromatic carbocycles. The maximum absolute atomic E-state index is 15.2. The molecule has 1 aromatic rings. The third-order valence-electron chi connectivity index (χ3n) is 16.3. The fraction of sp³-hybridized carbons (Fsp3) is 0.721. The van der Waals surface area contributed by atoms with Gasteiger partial charge in [0.25, 0.3) is 0 Å². The van der Waals surface area contributed by atoms with Crippen LogP contribution in [-0.4, -0.2) is 197 Å². The van der Waals surface area contributed by atoms with E-state index in [0.29, 0.717) is 12.0 Å². The predicted octanol–water partition coefficient (Wildman–Crippen LogP) is 2.40. The Morgan fingerprint density at radius 2 is 0.959 bits per heavy atom. The molecule has 0 saturated carbocycles. The van der Waals surface area contributed by atoms with E-state index >= 15 is 4.79 Å². The Morgan fingerprint density at radius 3 is 1.40 bits per heavy atom. The molecular formula is C68H111N13O16. The van der Waals surface area contributed by atoms with E-state index in [9.17, 15) is 57.5 Å². The topological polar surface area (TPSA) is 402 Å². The SMILES string of the molecule is CCOC(=O)CC[C@H]1NC(=O)[C@H](CC(C)C)NC(=O)[C@H](CCCNC(=O)OC(C)(C)C)NC(=O)[C@H](C(C)C)NC(=O)[C@@H]2C[C@@H](N)CN2C(=O)[C@@H](Cc2ccccc2)NC(=O)[C@H](CC(C)C)NC(=O)[C@H](CCCNC(=O)OC(C)(C)C)NC(=O)[C@H](C(C)C)NC(=O)[C@@H]2CCCN2C1=O. The van der Waals surface area contributed by atoms with Gasteiger partial charge in [0.05, 0.1) is 6.61 Å². The van der Waals surface area contributed by atoms with Crippen molar-refractivity contribution in [3.05, 3.63) is 35.9 Å². The van der Waals surface area contributed by atoms with E-state index in [1.807, 2.05) is 13.8 Å². The first-order chi connectivity index (χ1) is 45.4. The molecule has 0 radical (unpaired) electrons. The summed E-state index contributed by atoms with van der Waals surface area (Å²) in [5.41, 5.74) is 5.51. The number of alkyl carbamates (subject to hydrolysis) is 2. The number of nitrogens with two attached hydrogens (primary N) is 1.